The Morgan fingerprint density at radius 3 is 2.44 bits per heavy atom. The molecule has 0 saturated carbocycles. The van der Waals surface area contributed by atoms with Crippen molar-refractivity contribution < 1.29 is 0 Å². The first kappa shape index (κ1) is 13.7. The summed E-state index contributed by atoms with van der Waals surface area (Å²) in [7, 11) is 0. The number of hydrogen-bond donors (Lipinski definition) is 1. The van der Waals surface area contributed by atoms with Gasteiger partial charge in [0.1, 0.15) is 0 Å². The first-order chi connectivity index (χ1) is 7.50. The van der Waals surface area contributed by atoms with Crippen LogP contribution in [-0.4, -0.2) is 11.5 Å². The molecule has 0 amide bonds. The predicted octanol–water partition coefficient (Wildman–Crippen LogP) is 3.85. The average Bonchev–Trinajstić information content (AvgIpc) is 2.52. The van der Waals surface area contributed by atoms with Crippen LogP contribution in [0.2, 0.25) is 0 Å². The van der Waals surface area contributed by atoms with Crippen molar-refractivity contribution in [1.29, 1.82) is 0 Å². The molecule has 0 spiro atoms. The van der Waals surface area contributed by atoms with E-state index in [9.17, 15) is 0 Å². The highest BCUT2D eigenvalue weighted by Gasteiger charge is 2.11. The average molecular weight is 240 g/mol. The summed E-state index contributed by atoms with van der Waals surface area (Å²) in [6, 6.07) is 0.443. The third kappa shape index (κ3) is 4.22. The molecular formula is C13H24N2S. The molecule has 1 aromatic rings. The van der Waals surface area contributed by atoms with Crippen LogP contribution in [0.15, 0.2) is 0 Å². The van der Waals surface area contributed by atoms with Crippen molar-refractivity contribution in [1.82, 2.24) is 10.3 Å². The summed E-state index contributed by atoms with van der Waals surface area (Å²) in [6.07, 6.45) is 2.57. The van der Waals surface area contributed by atoms with E-state index < -0.39 is 0 Å². The highest BCUT2D eigenvalue weighted by Crippen LogP contribution is 2.24. The Kier molecular flexibility index (Phi) is 5.42. The molecule has 0 aliphatic rings. The summed E-state index contributed by atoms with van der Waals surface area (Å²) in [6.45, 7) is 12.1. The third-order valence-electron chi connectivity index (χ3n) is 2.74. The summed E-state index contributed by atoms with van der Waals surface area (Å²) >= 11 is 1.81. The van der Waals surface area contributed by atoms with Crippen LogP contribution in [0.1, 0.15) is 55.2 Å². The van der Waals surface area contributed by atoms with Gasteiger partial charge in [0.2, 0.25) is 0 Å². The zero-order valence-corrected chi connectivity index (χ0v) is 11.9. The van der Waals surface area contributed by atoms with E-state index >= 15 is 0 Å². The molecule has 1 unspecified atom stereocenters. The zero-order valence-electron chi connectivity index (χ0n) is 11.1. The van der Waals surface area contributed by atoms with Gasteiger partial charge in [-0.3, -0.25) is 0 Å². The van der Waals surface area contributed by atoms with E-state index in [-0.39, 0.29) is 0 Å². The monoisotopic (exact) mass is 240 g/mol. The van der Waals surface area contributed by atoms with Crippen molar-refractivity contribution in [3.8, 4) is 0 Å². The Morgan fingerprint density at radius 2 is 1.94 bits per heavy atom. The summed E-state index contributed by atoms with van der Waals surface area (Å²) in [5, 5.41) is 4.75. The number of aromatic nitrogens is 1. The molecule has 1 atom stereocenters. The number of hydrogen-bond acceptors (Lipinski definition) is 3. The van der Waals surface area contributed by atoms with Crippen molar-refractivity contribution in [3.63, 3.8) is 0 Å². The molecule has 3 heteroatoms. The Balaban J connectivity index is 2.35. The van der Waals surface area contributed by atoms with Gasteiger partial charge in [-0.2, -0.15) is 0 Å². The SMILES string of the molecule is Cc1nc(C)c(C(C)NCCCC(C)C)s1. The van der Waals surface area contributed by atoms with E-state index in [0.29, 0.717) is 6.04 Å². The number of nitrogens with one attached hydrogen (secondary N) is 1. The van der Waals surface area contributed by atoms with E-state index in [4.69, 9.17) is 0 Å². The van der Waals surface area contributed by atoms with Gasteiger partial charge in [0, 0.05) is 10.9 Å². The fourth-order valence-electron chi connectivity index (χ4n) is 1.87. The second kappa shape index (κ2) is 6.36. The largest absolute Gasteiger partial charge is 0.309 e. The van der Waals surface area contributed by atoms with Gasteiger partial charge in [-0.1, -0.05) is 13.8 Å². The lowest BCUT2D eigenvalue weighted by Crippen LogP contribution is -2.20. The van der Waals surface area contributed by atoms with Crippen LogP contribution >= 0.6 is 11.3 Å². The molecule has 1 rings (SSSR count). The maximum atomic E-state index is 4.47. The molecule has 0 aromatic carbocycles. The minimum atomic E-state index is 0.443. The van der Waals surface area contributed by atoms with Gasteiger partial charge in [0.25, 0.3) is 0 Å². The van der Waals surface area contributed by atoms with Gasteiger partial charge in [-0.15, -0.1) is 11.3 Å². The standard InChI is InChI=1S/C13H24N2S/c1-9(2)7-6-8-14-10(3)13-11(4)15-12(5)16-13/h9-10,14H,6-8H2,1-5H3. The summed E-state index contributed by atoms with van der Waals surface area (Å²) in [4.78, 5) is 5.86. The maximum absolute atomic E-state index is 4.47. The molecule has 16 heavy (non-hydrogen) atoms. The molecule has 0 aliphatic carbocycles. The van der Waals surface area contributed by atoms with E-state index in [0.717, 1.165) is 12.5 Å². The Labute approximate surface area is 103 Å². The fourth-order valence-corrected chi connectivity index (χ4v) is 2.82. The topological polar surface area (TPSA) is 24.9 Å². The lowest BCUT2D eigenvalue weighted by molar-refractivity contribution is 0.499. The van der Waals surface area contributed by atoms with E-state index in [1.807, 2.05) is 11.3 Å². The summed E-state index contributed by atoms with van der Waals surface area (Å²) in [5.74, 6) is 0.810. The second-order valence-electron chi connectivity index (χ2n) is 4.89. The van der Waals surface area contributed by atoms with Gasteiger partial charge >= 0.3 is 0 Å². The van der Waals surface area contributed by atoms with Crippen LogP contribution in [-0.2, 0) is 0 Å². The summed E-state index contributed by atoms with van der Waals surface area (Å²) < 4.78 is 0. The highest BCUT2D eigenvalue weighted by molar-refractivity contribution is 7.11. The van der Waals surface area contributed by atoms with Crippen LogP contribution in [0.3, 0.4) is 0 Å². The van der Waals surface area contributed by atoms with E-state index in [1.165, 1.54) is 28.4 Å². The fraction of sp³-hybridized carbons (Fsp3) is 0.769. The molecule has 0 saturated heterocycles. The van der Waals surface area contributed by atoms with E-state index in [1.54, 1.807) is 0 Å². The normalized spacial score (nSPS) is 13.4. The van der Waals surface area contributed by atoms with Crippen LogP contribution in [0.25, 0.3) is 0 Å². The van der Waals surface area contributed by atoms with Gasteiger partial charge in [-0.25, -0.2) is 4.98 Å². The third-order valence-corrected chi connectivity index (χ3v) is 4.00. The van der Waals surface area contributed by atoms with Gasteiger partial charge in [-0.05, 0) is 46.1 Å². The second-order valence-corrected chi connectivity index (χ2v) is 6.13. The molecule has 0 bridgehead atoms. The number of thiazole rings is 1. The first-order valence-corrected chi connectivity index (χ1v) is 6.99. The molecule has 0 aliphatic heterocycles. The zero-order chi connectivity index (χ0) is 12.1. The molecule has 1 aromatic heterocycles. The first-order valence-electron chi connectivity index (χ1n) is 6.18. The highest BCUT2D eigenvalue weighted by atomic mass is 32.1. The molecule has 0 fully saturated rings. The predicted molar refractivity (Wildman–Crippen MR) is 72.1 cm³/mol. The number of rotatable bonds is 6. The Morgan fingerprint density at radius 1 is 1.25 bits per heavy atom. The van der Waals surface area contributed by atoms with Crippen molar-refractivity contribution in [2.45, 2.75) is 53.5 Å². The minimum Gasteiger partial charge on any atom is -0.309 e. The molecule has 0 radical (unpaired) electrons. The number of nitrogens with zero attached hydrogens (tertiary/aromatic N) is 1. The molecule has 1 heterocycles. The van der Waals surface area contributed by atoms with Gasteiger partial charge in [0.05, 0.1) is 10.7 Å². The molecule has 92 valence electrons. The maximum Gasteiger partial charge on any atom is 0.0900 e. The van der Waals surface area contributed by atoms with E-state index in [2.05, 4.69) is 44.9 Å². The quantitative estimate of drug-likeness (QED) is 0.764. The Bertz CT molecular complexity index is 318. The molecule has 2 nitrogen and oxygen atoms in total. The smallest absolute Gasteiger partial charge is 0.0900 e. The molecular weight excluding hydrogens is 216 g/mol. The van der Waals surface area contributed by atoms with Crippen molar-refractivity contribution in [2.75, 3.05) is 6.54 Å². The van der Waals surface area contributed by atoms with Crippen LogP contribution in [0.5, 0.6) is 0 Å². The lowest BCUT2D eigenvalue weighted by atomic mass is 10.1. The van der Waals surface area contributed by atoms with Crippen LogP contribution in [0.4, 0.5) is 0 Å². The lowest BCUT2D eigenvalue weighted by Gasteiger charge is -2.13. The number of aryl methyl sites for hydroxylation is 2. The minimum absolute atomic E-state index is 0.443. The van der Waals surface area contributed by atoms with Crippen molar-refractivity contribution in [3.05, 3.63) is 15.6 Å². The van der Waals surface area contributed by atoms with Crippen molar-refractivity contribution >= 4 is 11.3 Å². The van der Waals surface area contributed by atoms with Gasteiger partial charge < -0.3 is 5.32 Å². The molecule has 1 N–H and O–H groups in total. The van der Waals surface area contributed by atoms with Crippen LogP contribution < -0.4 is 5.32 Å². The summed E-state index contributed by atoms with van der Waals surface area (Å²) in [5.41, 5.74) is 1.19. The van der Waals surface area contributed by atoms with Gasteiger partial charge in [0.15, 0.2) is 0 Å². The van der Waals surface area contributed by atoms with Crippen molar-refractivity contribution in [2.24, 2.45) is 5.92 Å². The van der Waals surface area contributed by atoms with Crippen LogP contribution in [0, 0.1) is 19.8 Å². The Hall–Kier alpha value is -0.410.